The zero-order valence-corrected chi connectivity index (χ0v) is 14.8. The van der Waals surface area contributed by atoms with Crippen molar-refractivity contribution < 1.29 is 4.79 Å². The quantitative estimate of drug-likeness (QED) is 0.778. The molecule has 6 heteroatoms. The number of carbonyl (C=O) groups excluding carboxylic acids is 1. The fraction of sp³-hybridized carbons (Fsp3) is 0.412. The second-order valence-electron chi connectivity index (χ2n) is 5.29. The number of urea groups is 1. The molecule has 0 saturated carbocycles. The second kappa shape index (κ2) is 8.62. The maximum atomic E-state index is 12.3. The molecule has 1 aromatic carbocycles. The minimum atomic E-state index is -0.135. The van der Waals surface area contributed by atoms with Gasteiger partial charge in [0.25, 0.3) is 0 Å². The number of rotatable bonds is 7. The van der Waals surface area contributed by atoms with Gasteiger partial charge in [0, 0.05) is 36.6 Å². The minimum absolute atomic E-state index is 0.135. The summed E-state index contributed by atoms with van der Waals surface area (Å²) in [6.07, 6.45) is 4.84. The normalized spacial score (nSPS) is 10.6. The summed E-state index contributed by atoms with van der Waals surface area (Å²) < 4.78 is 2.03. The van der Waals surface area contributed by atoms with Crippen molar-refractivity contribution >= 4 is 23.5 Å². The highest BCUT2D eigenvalue weighted by Crippen LogP contribution is 2.21. The first-order valence-corrected chi connectivity index (χ1v) is 8.87. The number of nitrogens with one attached hydrogen (secondary N) is 1. The zero-order valence-electron chi connectivity index (χ0n) is 14.0. The van der Waals surface area contributed by atoms with Crippen LogP contribution in [0.5, 0.6) is 0 Å². The predicted octanol–water partition coefficient (Wildman–Crippen LogP) is 4.07. The monoisotopic (exact) mass is 332 g/mol. The Balaban J connectivity index is 1.90. The van der Waals surface area contributed by atoms with E-state index in [2.05, 4.69) is 24.1 Å². The molecule has 0 fully saturated rings. The van der Waals surface area contributed by atoms with Crippen molar-refractivity contribution in [2.24, 2.45) is 0 Å². The summed E-state index contributed by atoms with van der Waals surface area (Å²) in [7, 11) is 1.77. The lowest BCUT2D eigenvalue weighted by molar-refractivity contribution is 0.219. The highest BCUT2D eigenvalue weighted by Gasteiger charge is 2.12. The number of hydrogen-bond donors (Lipinski definition) is 1. The highest BCUT2D eigenvalue weighted by molar-refractivity contribution is 7.99. The van der Waals surface area contributed by atoms with Crippen molar-refractivity contribution in [3.05, 3.63) is 42.5 Å². The predicted molar refractivity (Wildman–Crippen MR) is 95.8 cm³/mol. The fourth-order valence-corrected chi connectivity index (χ4v) is 2.91. The molecule has 1 aromatic heterocycles. The largest absolute Gasteiger partial charge is 0.334 e. The molecule has 2 rings (SSSR count). The number of hydrogen-bond acceptors (Lipinski definition) is 3. The summed E-state index contributed by atoms with van der Waals surface area (Å²) in [5, 5.41) is 2.92. The molecule has 0 unspecified atom stereocenters. The zero-order chi connectivity index (χ0) is 16.7. The number of aromatic nitrogens is 2. The first-order chi connectivity index (χ1) is 11.1. The Morgan fingerprint density at radius 2 is 2.04 bits per heavy atom. The molecule has 0 spiro atoms. The molecule has 23 heavy (non-hydrogen) atoms. The van der Waals surface area contributed by atoms with Crippen LogP contribution >= 0.6 is 11.8 Å². The van der Waals surface area contributed by atoms with Crippen LogP contribution < -0.4 is 5.32 Å². The molecule has 0 aliphatic carbocycles. The summed E-state index contributed by atoms with van der Waals surface area (Å²) in [5.41, 5.74) is 0.807. The van der Waals surface area contributed by atoms with Crippen LogP contribution in [0, 0.1) is 0 Å². The number of carbonyl (C=O) groups is 1. The van der Waals surface area contributed by atoms with Crippen molar-refractivity contribution in [2.45, 2.75) is 38.3 Å². The topological polar surface area (TPSA) is 50.2 Å². The van der Waals surface area contributed by atoms with E-state index in [4.69, 9.17) is 0 Å². The maximum Gasteiger partial charge on any atom is 0.321 e. The molecule has 0 atom stereocenters. The van der Waals surface area contributed by atoms with Gasteiger partial charge in [-0.25, -0.2) is 9.78 Å². The molecule has 1 N–H and O–H groups in total. The summed E-state index contributed by atoms with van der Waals surface area (Å²) in [4.78, 5) is 19.4. The Morgan fingerprint density at radius 1 is 1.30 bits per heavy atom. The van der Waals surface area contributed by atoms with E-state index in [1.165, 1.54) is 4.90 Å². The van der Waals surface area contributed by atoms with E-state index in [9.17, 15) is 4.79 Å². The molecule has 5 nitrogen and oxygen atoms in total. The third kappa shape index (κ3) is 5.03. The molecule has 0 radical (unpaired) electrons. The summed E-state index contributed by atoms with van der Waals surface area (Å²) >= 11 is 1.83. The molecule has 0 aliphatic rings. The maximum absolute atomic E-state index is 12.3. The molecule has 2 amide bonds. The molecule has 0 aliphatic heterocycles. The fourth-order valence-electron chi connectivity index (χ4n) is 2.14. The SMILES string of the molecule is CCCSc1ccc(NC(=O)N(C)Cc2nccn2CC)cc1. The molecule has 2 aromatic rings. The van der Waals surface area contributed by atoms with Crippen LogP contribution in [0.2, 0.25) is 0 Å². The Kier molecular flexibility index (Phi) is 6.52. The van der Waals surface area contributed by atoms with Gasteiger partial charge in [0.2, 0.25) is 0 Å². The number of amides is 2. The van der Waals surface area contributed by atoms with E-state index in [0.29, 0.717) is 6.54 Å². The van der Waals surface area contributed by atoms with Crippen molar-refractivity contribution in [2.75, 3.05) is 18.1 Å². The Morgan fingerprint density at radius 3 is 2.70 bits per heavy atom. The second-order valence-corrected chi connectivity index (χ2v) is 6.46. The first kappa shape index (κ1) is 17.4. The number of aryl methyl sites for hydroxylation is 1. The number of benzene rings is 1. The lowest BCUT2D eigenvalue weighted by Crippen LogP contribution is -2.31. The minimum Gasteiger partial charge on any atom is -0.334 e. The standard InChI is InChI=1S/C17H24N4OS/c1-4-12-23-15-8-6-14(7-9-15)19-17(22)20(3)13-16-18-10-11-21(16)5-2/h6-11H,4-5,12-13H2,1-3H3,(H,19,22). The van der Waals surface area contributed by atoms with Gasteiger partial charge in [0.15, 0.2) is 0 Å². The molecular formula is C17H24N4OS. The third-order valence-electron chi connectivity index (χ3n) is 3.45. The number of anilines is 1. The number of imidazole rings is 1. The van der Waals surface area contributed by atoms with Gasteiger partial charge in [-0.05, 0) is 43.4 Å². The van der Waals surface area contributed by atoms with Gasteiger partial charge in [0.1, 0.15) is 5.82 Å². The average Bonchev–Trinajstić information content (AvgIpc) is 3.01. The molecular weight excluding hydrogens is 308 g/mol. The molecule has 0 saturated heterocycles. The number of nitrogens with zero attached hydrogens (tertiary/aromatic N) is 3. The van der Waals surface area contributed by atoms with Crippen molar-refractivity contribution in [1.82, 2.24) is 14.5 Å². The molecule has 0 bridgehead atoms. The van der Waals surface area contributed by atoms with Crippen LogP contribution in [-0.4, -0.2) is 33.3 Å². The van der Waals surface area contributed by atoms with Gasteiger partial charge in [-0.15, -0.1) is 11.8 Å². The van der Waals surface area contributed by atoms with E-state index >= 15 is 0 Å². The summed E-state index contributed by atoms with van der Waals surface area (Å²) in [6.45, 7) is 5.56. The van der Waals surface area contributed by atoms with Crippen LogP contribution in [0.15, 0.2) is 41.6 Å². The van der Waals surface area contributed by atoms with E-state index in [1.807, 2.05) is 46.8 Å². The van der Waals surface area contributed by atoms with Crippen molar-refractivity contribution in [3.8, 4) is 0 Å². The smallest absolute Gasteiger partial charge is 0.321 e. The van der Waals surface area contributed by atoms with Gasteiger partial charge in [-0.2, -0.15) is 0 Å². The van der Waals surface area contributed by atoms with E-state index in [1.54, 1.807) is 18.1 Å². The summed E-state index contributed by atoms with van der Waals surface area (Å²) in [5.74, 6) is 2.00. The Labute approximate surface area is 142 Å². The molecule has 1 heterocycles. The third-order valence-corrected chi connectivity index (χ3v) is 4.66. The van der Waals surface area contributed by atoms with Gasteiger partial charge in [0.05, 0.1) is 6.54 Å². The average molecular weight is 332 g/mol. The van der Waals surface area contributed by atoms with Gasteiger partial charge in [-0.1, -0.05) is 6.92 Å². The van der Waals surface area contributed by atoms with Crippen LogP contribution in [0.4, 0.5) is 10.5 Å². The van der Waals surface area contributed by atoms with Crippen LogP contribution in [0.3, 0.4) is 0 Å². The van der Waals surface area contributed by atoms with E-state index in [-0.39, 0.29) is 6.03 Å². The van der Waals surface area contributed by atoms with Crippen LogP contribution in [0.25, 0.3) is 0 Å². The molecule has 124 valence electrons. The highest BCUT2D eigenvalue weighted by atomic mass is 32.2. The van der Waals surface area contributed by atoms with Crippen molar-refractivity contribution in [1.29, 1.82) is 0 Å². The van der Waals surface area contributed by atoms with Crippen LogP contribution in [0.1, 0.15) is 26.1 Å². The first-order valence-electron chi connectivity index (χ1n) is 7.89. The van der Waals surface area contributed by atoms with Crippen molar-refractivity contribution in [3.63, 3.8) is 0 Å². The van der Waals surface area contributed by atoms with E-state index in [0.717, 1.165) is 30.2 Å². The Hall–Kier alpha value is -1.95. The van der Waals surface area contributed by atoms with E-state index < -0.39 is 0 Å². The number of thioether (sulfide) groups is 1. The van der Waals surface area contributed by atoms with Gasteiger partial charge < -0.3 is 14.8 Å². The van der Waals surface area contributed by atoms with Crippen LogP contribution in [-0.2, 0) is 13.1 Å². The Bertz CT molecular complexity index is 624. The van der Waals surface area contributed by atoms with Gasteiger partial charge >= 0.3 is 6.03 Å². The van der Waals surface area contributed by atoms with Gasteiger partial charge in [-0.3, -0.25) is 0 Å². The summed E-state index contributed by atoms with van der Waals surface area (Å²) in [6, 6.07) is 7.83. The lowest BCUT2D eigenvalue weighted by Gasteiger charge is -2.18. The lowest BCUT2D eigenvalue weighted by atomic mass is 10.3.